The van der Waals surface area contributed by atoms with E-state index in [-0.39, 0.29) is 5.92 Å². The summed E-state index contributed by atoms with van der Waals surface area (Å²) >= 11 is 0. The molecule has 2 aromatic rings. The molecule has 4 heteroatoms. The van der Waals surface area contributed by atoms with Gasteiger partial charge < -0.3 is 11.5 Å². The summed E-state index contributed by atoms with van der Waals surface area (Å²) in [5.41, 5.74) is 13.2. The second kappa shape index (κ2) is 5.57. The van der Waals surface area contributed by atoms with E-state index in [2.05, 4.69) is 0 Å². The number of primary amides is 2. The molecule has 4 N–H and O–H groups in total. The molecule has 2 rings (SSSR count). The lowest BCUT2D eigenvalue weighted by Crippen LogP contribution is -2.18. The molecule has 0 spiro atoms. The SMILES string of the molecule is CC(c1ccccc1)c1cc(C(N)=O)ccc1C(N)=O. The van der Waals surface area contributed by atoms with Crippen molar-refractivity contribution in [2.75, 3.05) is 0 Å². The van der Waals surface area contributed by atoms with Gasteiger partial charge in [0.25, 0.3) is 0 Å². The Morgan fingerprint density at radius 2 is 1.60 bits per heavy atom. The van der Waals surface area contributed by atoms with Crippen molar-refractivity contribution >= 4 is 11.8 Å². The first-order valence-electron chi connectivity index (χ1n) is 6.29. The maximum Gasteiger partial charge on any atom is 0.248 e. The average Bonchev–Trinajstić information content (AvgIpc) is 2.46. The predicted octanol–water partition coefficient (Wildman–Crippen LogP) is 2.04. The van der Waals surface area contributed by atoms with Gasteiger partial charge in [-0.1, -0.05) is 37.3 Å². The van der Waals surface area contributed by atoms with Gasteiger partial charge >= 0.3 is 0 Å². The van der Waals surface area contributed by atoms with Gasteiger partial charge in [-0.3, -0.25) is 9.59 Å². The van der Waals surface area contributed by atoms with Gasteiger partial charge in [0.2, 0.25) is 11.8 Å². The summed E-state index contributed by atoms with van der Waals surface area (Å²) < 4.78 is 0. The molecule has 0 radical (unpaired) electrons. The first-order valence-corrected chi connectivity index (χ1v) is 6.29. The van der Waals surface area contributed by atoms with E-state index in [9.17, 15) is 9.59 Å². The molecule has 0 saturated carbocycles. The van der Waals surface area contributed by atoms with Gasteiger partial charge in [0.05, 0.1) is 0 Å². The number of carbonyl (C=O) groups excluding carboxylic acids is 2. The van der Waals surface area contributed by atoms with Gasteiger partial charge in [-0.15, -0.1) is 0 Å². The molecular weight excluding hydrogens is 252 g/mol. The fourth-order valence-electron chi connectivity index (χ4n) is 2.22. The number of carbonyl (C=O) groups is 2. The molecule has 0 aromatic heterocycles. The molecule has 0 heterocycles. The van der Waals surface area contributed by atoms with Crippen molar-refractivity contribution < 1.29 is 9.59 Å². The van der Waals surface area contributed by atoms with Crippen LogP contribution in [0, 0.1) is 0 Å². The molecule has 0 fully saturated rings. The predicted molar refractivity (Wildman–Crippen MR) is 77.4 cm³/mol. The van der Waals surface area contributed by atoms with Crippen LogP contribution in [0.5, 0.6) is 0 Å². The van der Waals surface area contributed by atoms with Crippen molar-refractivity contribution in [2.45, 2.75) is 12.8 Å². The summed E-state index contributed by atoms with van der Waals surface area (Å²) in [7, 11) is 0. The van der Waals surface area contributed by atoms with Crippen molar-refractivity contribution in [3.05, 3.63) is 70.8 Å². The third-order valence-electron chi connectivity index (χ3n) is 3.37. The fourth-order valence-corrected chi connectivity index (χ4v) is 2.22. The third kappa shape index (κ3) is 2.69. The first-order chi connectivity index (χ1) is 9.50. The van der Waals surface area contributed by atoms with Crippen LogP contribution in [-0.4, -0.2) is 11.8 Å². The van der Waals surface area contributed by atoms with Crippen LogP contribution in [-0.2, 0) is 0 Å². The number of hydrogen-bond donors (Lipinski definition) is 2. The smallest absolute Gasteiger partial charge is 0.248 e. The molecular formula is C16H16N2O2. The van der Waals surface area contributed by atoms with Crippen molar-refractivity contribution in [1.82, 2.24) is 0 Å². The Hall–Kier alpha value is -2.62. The fraction of sp³-hybridized carbons (Fsp3) is 0.125. The lowest BCUT2D eigenvalue weighted by atomic mass is 9.88. The summed E-state index contributed by atoms with van der Waals surface area (Å²) in [4.78, 5) is 22.8. The molecule has 0 saturated heterocycles. The maximum atomic E-state index is 11.5. The first kappa shape index (κ1) is 13.8. The van der Waals surface area contributed by atoms with Crippen molar-refractivity contribution in [2.24, 2.45) is 11.5 Å². The Kier molecular flexibility index (Phi) is 3.84. The molecule has 102 valence electrons. The standard InChI is InChI=1S/C16H16N2O2/c1-10(11-5-3-2-4-6-11)14-9-12(15(17)19)7-8-13(14)16(18)20/h2-10H,1H3,(H2,17,19)(H2,18,20). The topological polar surface area (TPSA) is 86.2 Å². The number of benzene rings is 2. The van der Waals surface area contributed by atoms with Gasteiger partial charge in [-0.2, -0.15) is 0 Å². The number of rotatable bonds is 4. The minimum atomic E-state index is -0.525. The molecule has 2 aromatic carbocycles. The highest BCUT2D eigenvalue weighted by atomic mass is 16.1. The molecule has 0 bridgehead atoms. The Morgan fingerprint density at radius 1 is 0.950 bits per heavy atom. The van der Waals surface area contributed by atoms with Crippen LogP contribution >= 0.6 is 0 Å². The molecule has 0 aliphatic heterocycles. The zero-order valence-electron chi connectivity index (χ0n) is 11.2. The average molecular weight is 268 g/mol. The van der Waals surface area contributed by atoms with Crippen LogP contribution < -0.4 is 11.5 Å². The summed E-state index contributed by atoms with van der Waals surface area (Å²) in [6, 6.07) is 14.4. The molecule has 20 heavy (non-hydrogen) atoms. The van der Waals surface area contributed by atoms with E-state index >= 15 is 0 Å². The van der Waals surface area contributed by atoms with Gasteiger partial charge in [0.1, 0.15) is 0 Å². The van der Waals surface area contributed by atoms with Gasteiger partial charge in [0, 0.05) is 17.0 Å². The van der Waals surface area contributed by atoms with Crippen molar-refractivity contribution in [3.63, 3.8) is 0 Å². The van der Waals surface area contributed by atoms with Gasteiger partial charge in [-0.05, 0) is 29.3 Å². The summed E-state index contributed by atoms with van der Waals surface area (Å²) in [6.07, 6.45) is 0. The second-order valence-electron chi connectivity index (χ2n) is 4.66. The summed E-state index contributed by atoms with van der Waals surface area (Å²) in [6.45, 7) is 1.96. The van der Waals surface area contributed by atoms with Crippen LogP contribution in [0.1, 0.15) is 44.7 Å². The third-order valence-corrected chi connectivity index (χ3v) is 3.37. The van der Waals surface area contributed by atoms with Crippen LogP contribution in [0.25, 0.3) is 0 Å². The zero-order chi connectivity index (χ0) is 14.7. The zero-order valence-corrected chi connectivity index (χ0v) is 11.2. The molecule has 1 atom stereocenters. The monoisotopic (exact) mass is 268 g/mol. The number of amides is 2. The molecule has 0 aliphatic rings. The Labute approximate surface area is 117 Å². The number of hydrogen-bond acceptors (Lipinski definition) is 2. The van der Waals surface area contributed by atoms with E-state index < -0.39 is 11.8 Å². The van der Waals surface area contributed by atoms with Crippen LogP contribution in [0.2, 0.25) is 0 Å². The summed E-state index contributed by atoms with van der Waals surface area (Å²) in [5, 5.41) is 0. The summed E-state index contributed by atoms with van der Waals surface area (Å²) in [5.74, 6) is -1.10. The maximum absolute atomic E-state index is 11.5. The lowest BCUT2D eigenvalue weighted by molar-refractivity contribution is 0.0987. The van der Waals surface area contributed by atoms with Crippen molar-refractivity contribution in [3.8, 4) is 0 Å². The van der Waals surface area contributed by atoms with E-state index in [0.717, 1.165) is 5.56 Å². The molecule has 1 unspecified atom stereocenters. The van der Waals surface area contributed by atoms with Crippen molar-refractivity contribution in [1.29, 1.82) is 0 Å². The van der Waals surface area contributed by atoms with E-state index in [1.165, 1.54) is 6.07 Å². The second-order valence-corrected chi connectivity index (χ2v) is 4.66. The molecule has 0 aliphatic carbocycles. The highest BCUT2D eigenvalue weighted by Crippen LogP contribution is 2.27. The van der Waals surface area contributed by atoms with Gasteiger partial charge in [0.15, 0.2) is 0 Å². The van der Waals surface area contributed by atoms with Crippen LogP contribution in [0.15, 0.2) is 48.5 Å². The Bertz CT molecular complexity index is 651. The molecule has 4 nitrogen and oxygen atoms in total. The molecule has 2 amide bonds. The minimum Gasteiger partial charge on any atom is -0.366 e. The van der Waals surface area contributed by atoms with Gasteiger partial charge in [-0.25, -0.2) is 0 Å². The lowest BCUT2D eigenvalue weighted by Gasteiger charge is -2.16. The normalized spacial score (nSPS) is 11.8. The Morgan fingerprint density at radius 3 is 2.15 bits per heavy atom. The van der Waals surface area contributed by atoms with Crippen LogP contribution in [0.4, 0.5) is 0 Å². The highest BCUT2D eigenvalue weighted by Gasteiger charge is 2.17. The largest absolute Gasteiger partial charge is 0.366 e. The van der Waals surface area contributed by atoms with Crippen LogP contribution in [0.3, 0.4) is 0 Å². The Balaban J connectivity index is 2.55. The van der Waals surface area contributed by atoms with E-state index in [0.29, 0.717) is 16.7 Å². The minimum absolute atomic E-state index is 0.0574. The highest BCUT2D eigenvalue weighted by molar-refractivity contribution is 5.98. The van der Waals surface area contributed by atoms with E-state index in [1.807, 2.05) is 37.3 Å². The number of nitrogens with two attached hydrogens (primary N) is 2. The van der Waals surface area contributed by atoms with E-state index in [1.54, 1.807) is 12.1 Å². The quantitative estimate of drug-likeness (QED) is 0.889. The van der Waals surface area contributed by atoms with E-state index in [4.69, 9.17) is 11.5 Å².